The summed E-state index contributed by atoms with van der Waals surface area (Å²) in [5.41, 5.74) is 2.12. The Bertz CT molecular complexity index is 1220. The van der Waals surface area contributed by atoms with E-state index in [2.05, 4.69) is 31.5 Å². The first-order chi connectivity index (χ1) is 13.1. The van der Waals surface area contributed by atoms with E-state index in [-0.39, 0.29) is 17.1 Å². The van der Waals surface area contributed by atoms with Gasteiger partial charge in [-0.15, -0.1) is 5.10 Å². The topological polar surface area (TPSA) is 89.6 Å². The number of para-hydroxylation sites is 1. The number of fused-ring (bicyclic) bond motifs is 3. The largest absolute Gasteiger partial charge is 0.507 e. The average molecular weight is 425 g/mol. The molecule has 0 radical (unpaired) electrons. The first-order valence-electron chi connectivity index (χ1n) is 7.97. The van der Waals surface area contributed by atoms with Crippen LogP contribution in [0.25, 0.3) is 22.6 Å². The maximum Gasteiger partial charge on any atom is 0.189 e. The van der Waals surface area contributed by atoms with Gasteiger partial charge in [-0.2, -0.15) is 4.52 Å². The molecular weight excluding hydrogens is 412 g/mol. The maximum absolute atomic E-state index is 12.5. The van der Waals surface area contributed by atoms with Gasteiger partial charge in [0, 0.05) is 15.4 Å². The molecule has 2 heterocycles. The van der Waals surface area contributed by atoms with Gasteiger partial charge in [-0.3, -0.25) is 4.79 Å². The monoisotopic (exact) mass is 424 g/mol. The molecule has 27 heavy (non-hydrogen) atoms. The van der Waals surface area contributed by atoms with Gasteiger partial charge in [-0.1, -0.05) is 28.1 Å². The Morgan fingerprint density at radius 1 is 1.26 bits per heavy atom. The minimum absolute atomic E-state index is 0.0783. The lowest BCUT2D eigenvalue weighted by Crippen LogP contribution is -1.98. The van der Waals surface area contributed by atoms with Gasteiger partial charge in [0.25, 0.3) is 0 Å². The second-order valence-electron chi connectivity index (χ2n) is 5.77. The normalized spacial score (nSPS) is 11.5. The van der Waals surface area contributed by atoms with Crippen LogP contribution in [0.3, 0.4) is 0 Å². The number of allylic oxidation sites excluding steroid dienone is 1. The Kier molecular flexibility index (Phi) is 4.33. The number of carbonyl (C=O) groups is 1. The van der Waals surface area contributed by atoms with Gasteiger partial charge in [0.2, 0.25) is 0 Å². The predicted molar refractivity (Wildman–Crippen MR) is 104 cm³/mol. The number of ether oxygens (including phenoxy) is 1. The fourth-order valence-corrected chi connectivity index (χ4v) is 3.24. The van der Waals surface area contributed by atoms with Gasteiger partial charge in [0.1, 0.15) is 17.0 Å². The number of halogens is 1. The van der Waals surface area contributed by atoms with Crippen molar-refractivity contribution in [2.75, 3.05) is 7.11 Å². The minimum atomic E-state index is -0.329. The highest BCUT2D eigenvalue weighted by Crippen LogP contribution is 2.28. The lowest BCUT2D eigenvalue weighted by atomic mass is 10.1. The molecule has 0 unspecified atom stereocenters. The van der Waals surface area contributed by atoms with Gasteiger partial charge in [-0.25, -0.2) is 0 Å². The van der Waals surface area contributed by atoms with Gasteiger partial charge < -0.3 is 9.84 Å². The summed E-state index contributed by atoms with van der Waals surface area (Å²) in [6.45, 7) is 0. The number of hydrogen-bond acceptors (Lipinski definition) is 6. The van der Waals surface area contributed by atoms with Crippen LogP contribution >= 0.6 is 15.9 Å². The smallest absolute Gasteiger partial charge is 0.189 e. The standard InChI is InChI=1S/C19H13BrN4O3/c1-27-17-4-2-3-11-9-12(19-21-22-23-24(19)18(11)17)5-7-15(25)14-10-13(20)6-8-16(14)26/h2-10,26H,1H3/b7-5+. The summed E-state index contributed by atoms with van der Waals surface area (Å²) in [7, 11) is 1.59. The number of methoxy groups -OCH3 is 1. The highest BCUT2D eigenvalue weighted by atomic mass is 79.9. The van der Waals surface area contributed by atoms with E-state index in [1.807, 2.05) is 24.3 Å². The summed E-state index contributed by atoms with van der Waals surface area (Å²) in [6.07, 6.45) is 3.02. The number of rotatable bonds is 4. The van der Waals surface area contributed by atoms with Crippen LogP contribution in [-0.2, 0) is 0 Å². The second-order valence-corrected chi connectivity index (χ2v) is 6.69. The van der Waals surface area contributed by atoms with Crippen molar-refractivity contribution in [2.45, 2.75) is 0 Å². The first kappa shape index (κ1) is 17.2. The quantitative estimate of drug-likeness (QED) is 0.397. The van der Waals surface area contributed by atoms with Crippen molar-refractivity contribution in [1.82, 2.24) is 20.0 Å². The predicted octanol–water partition coefficient (Wildman–Crippen LogP) is 3.65. The summed E-state index contributed by atoms with van der Waals surface area (Å²) >= 11 is 3.30. The van der Waals surface area contributed by atoms with Gasteiger partial charge in [-0.05, 0) is 52.9 Å². The SMILES string of the molecule is COc1cccc2cc(/C=C/C(=O)c3cc(Br)ccc3O)c3nnnn3c12. The van der Waals surface area contributed by atoms with Crippen molar-refractivity contribution < 1.29 is 14.6 Å². The molecule has 0 aliphatic carbocycles. The van der Waals surface area contributed by atoms with Crippen LogP contribution in [0.5, 0.6) is 11.5 Å². The summed E-state index contributed by atoms with van der Waals surface area (Å²) < 4.78 is 7.69. The number of aromatic nitrogens is 4. The van der Waals surface area contributed by atoms with E-state index in [1.54, 1.807) is 29.8 Å². The highest BCUT2D eigenvalue weighted by molar-refractivity contribution is 9.10. The number of tetrazole rings is 1. The van der Waals surface area contributed by atoms with E-state index >= 15 is 0 Å². The summed E-state index contributed by atoms with van der Waals surface area (Å²) in [5.74, 6) is 0.242. The van der Waals surface area contributed by atoms with Crippen molar-refractivity contribution in [3.63, 3.8) is 0 Å². The molecule has 0 amide bonds. The minimum Gasteiger partial charge on any atom is -0.507 e. The number of nitrogens with zero attached hydrogens (tertiary/aromatic N) is 4. The zero-order valence-electron chi connectivity index (χ0n) is 14.1. The molecule has 4 rings (SSSR count). The van der Waals surface area contributed by atoms with Crippen LogP contribution in [0.15, 0.2) is 53.0 Å². The molecule has 7 nitrogen and oxygen atoms in total. The van der Waals surface area contributed by atoms with Crippen LogP contribution in [-0.4, -0.2) is 38.0 Å². The molecule has 4 aromatic rings. The van der Waals surface area contributed by atoms with E-state index < -0.39 is 0 Å². The van der Waals surface area contributed by atoms with Crippen molar-refractivity contribution in [3.8, 4) is 11.5 Å². The Labute approximate surface area is 162 Å². The van der Waals surface area contributed by atoms with Crippen LogP contribution in [0.4, 0.5) is 0 Å². The van der Waals surface area contributed by atoms with Crippen LogP contribution < -0.4 is 4.74 Å². The molecule has 0 fully saturated rings. The third-order valence-electron chi connectivity index (χ3n) is 4.14. The molecule has 134 valence electrons. The molecule has 2 aromatic heterocycles. The van der Waals surface area contributed by atoms with Crippen LogP contribution in [0.2, 0.25) is 0 Å². The van der Waals surface area contributed by atoms with Crippen molar-refractivity contribution >= 4 is 44.3 Å². The number of aromatic hydroxyl groups is 1. The zero-order valence-corrected chi connectivity index (χ0v) is 15.7. The molecule has 2 aromatic carbocycles. The molecule has 1 N–H and O–H groups in total. The fourth-order valence-electron chi connectivity index (χ4n) is 2.88. The van der Waals surface area contributed by atoms with Crippen molar-refractivity contribution in [1.29, 1.82) is 0 Å². The van der Waals surface area contributed by atoms with E-state index in [0.29, 0.717) is 21.4 Å². The molecule has 0 aliphatic heterocycles. The highest BCUT2D eigenvalue weighted by Gasteiger charge is 2.13. The number of benzene rings is 2. The van der Waals surface area contributed by atoms with E-state index in [1.165, 1.54) is 12.1 Å². The molecular formula is C19H13BrN4O3. The first-order valence-corrected chi connectivity index (χ1v) is 8.76. The van der Waals surface area contributed by atoms with Crippen LogP contribution in [0, 0.1) is 0 Å². The molecule has 0 bridgehead atoms. The number of carbonyl (C=O) groups excluding carboxylic acids is 1. The van der Waals surface area contributed by atoms with E-state index in [9.17, 15) is 9.90 Å². The number of phenols is 1. The van der Waals surface area contributed by atoms with E-state index in [0.717, 1.165) is 10.9 Å². The summed E-state index contributed by atoms with van der Waals surface area (Å²) in [5, 5.41) is 22.6. The zero-order chi connectivity index (χ0) is 19.0. The van der Waals surface area contributed by atoms with Gasteiger partial charge in [0.15, 0.2) is 11.4 Å². The Hall–Kier alpha value is -3.26. The fraction of sp³-hybridized carbons (Fsp3) is 0.0526. The molecule has 0 spiro atoms. The summed E-state index contributed by atoms with van der Waals surface area (Å²) in [6, 6.07) is 12.2. The Balaban J connectivity index is 1.82. The van der Waals surface area contributed by atoms with Gasteiger partial charge in [0.05, 0.1) is 12.7 Å². The van der Waals surface area contributed by atoms with Gasteiger partial charge >= 0.3 is 0 Å². The van der Waals surface area contributed by atoms with E-state index in [4.69, 9.17) is 4.74 Å². The number of phenolic OH excluding ortho intramolecular Hbond substituents is 1. The number of ketones is 1. The molecule has 0 aliphatic rings. The number of hydrogen-bond donors (Lipinski definition) is 1. The maximum atomic E-state index is 12.5. The van der Waals surface area contributed by atoms with Crippen molar-refractivity contribution in [3.05, 3.63) is 64.1 Å². The lowest BCUT2D eigenvalue weighted by Gasteiger charge is -2.07. The molecule has 0 saturated heterocycles. The third-order valence-corrected chi connectivity index (χ3v) is 4.63. The second kappa shape index (κ2) is 6.81. The molecule has 0 atom stereocenters. The Morgan fingerprint density at radius 3 is 2.93 bits per heavy atom. The lowest BCUT2D eigenvalue weighted by molar-refractivity contribution is 0.104. The van der Waals surface area contributed by atoms with Crippen LogP contribution in [0.1, 0.15) is 15.9 Å². The third kappa shape index (κ3) is 3.04. The molecule has 8 heteroatoms. The molecule has 0 saturated carbocycles. The number of pyridine rings is 1. The average Bonchev–Trinajstić information content (AvgIpc) is 3.17. The summed E-state index contributed by atoms with van der Waals surface area (Å²) in [4.78, 5) is 12.5. The van der Waals surface area contributed by atoms with Crippen molar-refractivity contribution in [2.24, 2.45) is 0 Å². The Morgan fingerprint density at radius 2 is 2.11 bits per heavy atom.